The number of carbonyl (C=O) groups excluding carboxylic acids is 1. The number of nitrogens with zero attached hydrogens (tertiary/aromatic N) is 4. The molecule has 4 aromatic rings. The first-order chi connectivity index (χ1) is 18.0. The molecule has 9 nitrogen and oxygen atoms in total. The topological polar surface area (TPSA) is 119 Å². The molecule has 0 aliphatic rings. The molecule has 0 saturated carbocycles. The number of hydrogen-bond acceptors (Lipinski definition) is 7. The Morgan fingerprint density at radius 2 is 1.81 bits per heavy atom. The van der Waals surface area contributed by atoms with Crippen molar-refractivity contribution < 1.29 is 19.4 Å². The van der Waals surface area contributed by atoms with Gasteiger partial charge in [-0.25, -0.2) is 10.2 Å². The van der Waals surface area contributed by atoms with Crippen LogP contribution >= 0.6 is 23.4 Å². The van der Waals surface area contributed by atoms with Gasteiger partial charge in [-0.15, -0.1) is 10.2 Å². The molecule has 1 heterocycles. The summed E-state index contributed by atoms with van der Waals surface area (Å²) in [7, 11) is 0. The van der Waals surface area contributed by atoms with Crippen LogP contribution in [0.4, 0.5) is 0 Å². The highest BCUT2D eigenvalue weighted by Crippen LogP contribution is 2.29. The molecule has 1 aromatic heterocycles. The van der Waals surface area contributed by atoms with Crippen LogP contribution in [0, 0.1) is 0 Å². The first-order valence-corrected chi connectivity index (χ1v) is 12.5. The highest BCUT2D eigenvalue weighted by atomic mass is 35.5. The van der Waals surface area contributed by atoms with Gasteiger partial charge >= 0.3 is 5.97 Å². The average molecular weight is 536 g/mol. The Hall–Kier alpha value is -4.15. The number of aromatic nitrogens is 3. The lowest BCUT2D eigenvalue weighted by molar-refractivity contribution is -0.118. The van der Waals surface area contributed by atoms with Crippen LogP contribution in [0.3, 0.4) is 0 Å². The summed E-state index contributed by atoms with van der Waals surface area (Å²) in [5, 5.41) is 22.9. The Bertz CT molecular complexity index is 1420. The maximum Gasteiger partial charge on any atom is 0.336 e. The molecule has 0 radical (unpaired) electrons. The third-order valence-corrected chi connectivity index (χ3v) is 6.24. The highest BCUT2D eigenvalue weighted by molar-refractivity contribution is 7.99. The van der Waals surface area contributed by atoms with Gasteiger partial charge in [0, 0.05) is 21.8 Å². The van der Waals surface area contributed by atoms with Gasteiger partial charge in [-0.3, -0.25) is 9.36 Å². The van der Waals surface area contributed by atoms with E-state index in [2.05, 4.69) is 20.7 Å². The number of benzene rings is 3. The zero-order valence-corrected chi connectivity index (χ0v) is 21.2. The van der Waals surface area contributed by atoms with Crippen LogP contribution in [0.2, 0.25) is 5.02 Å². The molecule has 0 fully saturated rings. The quantitative estimate of drug-likeness (QED) is 0.168. The van der Waals surface area contributed by atoms with Crippen molar-refractivity contribution in [2.45, 2.75) is 12.1 Å². The van der Waals surface area contributed by atoms with Gasteiger partial charge < -0.3 is 9.84 Å². The van der Waals surface area contributed by atoms with E-state index in [0.717, 1.165) is 17.0 Å². The average Bonchev–Trinajstić information content (AvgIpc) is 3.32. The lowest BCUT2D eigenvalue weighted by Crippen LogP contribution is -2.20. The van der Waals surface area contributed by atoms with E-state index >= 15 is 0 Å². The smallest absolute Gasteiger partial charge is 0.336 e. The second kappa shape index (κ2) is 12.2. The van der Waals surface area contributed by atoms with Crippen molar-refractivity contribution in [3.63, 3.8) is 0 Å². The molecule has 188 valence electrons. The van der Waals surface area contributed by atoms with Crippen LogP contribution in [0.1, 0.15) is 22.8 Å². The normalized spacial score (nSPS) is 11.0. The monoisotopic (exact) mass is 535 g/mol. The summed E-state index contributed by atoms with van der Waals surface area (Å²) in [6, 6.07) is 21.1. The number of ether oxygens (including phenoxy) is 1. The predicted molar refractivity (Wildman–Crippen MR) is 143 cm³/mol. The minimum atomic E-state index is -1.07. The van der Waals surface area contributed by atoms with Gasteiger partial charge in [0.25, 0.3) is 5.91 Å². The lowest BCUT2D eigenvalue weighted by Gasteiger charge is -2.11. The Morgan fingerprint density at radius 3 is 2.51 bits per heavy atom. The fourth-order valence-electron chi connectivity index (χ4n) is 3.38. The Kier molecular flexibility index (Phi) is 8.55. The number of aromatic carboxylic acids is 1. The summed E-state index contributed by atoms with van der Waals surface area (Å²) < 4.78 is 7.40. The molecule has 3 aromatic carbocycles. The molecular formula is C26H22ClN5O4S. The third kappa shape index (κ3) is 6.54. The summed E-state index contributed by atoms with van der Waals surface area (Å²) in [5.41, 5.74) is 4.50. The number of carbonyl (C=O) groups is 2. The van der Waals surface area contributed by atoms with E-state index in [4.69, 9.17) is 16.3 Å². The summed E-state index contributed by atoms with van der Waals surface area (Å²) in [5.74, 6) is -0.124. The number of amides is 1. The Morgan fingerprint density at radius 1 is 1.08 bits per heavy atom. The number of hydrogen-bond donors (Lipinski definition) is 2. The number of thioether (sulfide) groups is 1. The van der Waals surface area contributed by atoms with E-state index < -0.39 is 5.97 Å². The van der Waals surface area contributed by atoms with E-state index in [1.54, 1.807) is 30.3 Å². The molecule has 0 bridgehead atoms. The minimum Gasteiger partial charge on any atom is -0.494 e. The van der Waals surface area contributed by atoms with Crippen LogP contribution in [0.25, 0.3) is 17.1 Å². The second-order valence-electron chi connectivity index (χ2n) is 7.55. The van der Waals surface area contributed by atoms with Gasteiger partial charge in [-0.2, -0.15) is 5.10 Å². The van der Waals surface area contributed by atoms with Crippen molar-refractivity contribution in [2.75, 3.05) is 12.4 Å². The SMILES string of the molecule is CCOc1ccc(-n2c(SCC(=O)NN=Cc3ccccc3C(=O)O)nnc2-c2ccc(Cl)cc2)cc1. The molecule has 0 spiro atoms. The number of carboxylic acids is 1. The van der Waals surface area contributed by atoms with Crippen LogP contribution in [0.5, 0.6) is 5.75 Å². The molecule has 1 amide bonds. The van der Waals surface area contributed by atoms with Crippen molar-refractivity contribution in [1.82, 2.24) is 20.2 Å². The van der Waals surface area contributed by atoms with Crippen molar-refractivity contribution in [2.24, 2.45) is 5.10 Å². The van der Waals surface area contributed by atoms with E-state index in [-0.39, 0.29) is 17.2 Å². The van der Waals surface area contributed by atoms with Crippen molar-refractivity contribution in [3.8, 4) is 22.8 Å². The van der Waals surface area contributed by atoms with Crippen LogP contribution in [0.15, 0.2) is 83.1 Å². The number of rotatable bonds is 10. The Balaban J connectivity index is 1.52. The van der Waals surface area contributed by atoms with Crippen molar-refractivity contribution in [1.29, 1.82) is 0 Å². The summed E-state index contributed by atoms with van der Waals surface area (Å²) >= 11 is 7.24. The minimum absolute atomic E-state index is 0.00764. The van der Waals surface area contributed by atoms with Gasteiger partial charge in [0.2, 0.25) is 0 Å². The zero-order chi connectivity index (χ0) is 26.2. The van der Waals surface area contributed by atoms with Gasteiger partial charge in [0.05, 0.1) is 24.1 Å². The highest BCUT2D eigenvalue weighted by Gasteiger charge is 2.17. The van der Waals surface area contributed by atoms with Gasteiger partial charge in [-0.05, 0) is 61.5 Å². The molecule has 0 aliphatic heterocycles. The standard InChI is InChI=1S/C26H22ClN5O4S/c1-2-36-21-13-11-20(12-14-21)32-24(17-7-9-19(27)10-8-17)30-31-26(32)37-16-23(33)29-28-15-18-5-3-4-6-22(18)25(34)35/h3-15H,2,16H2,1H3,(H,29,33)(H,34,35). The maximum absolute atomic E-state index is 12.5. The number of halogens is 1. The summed E-state index contributed by atoms with van der Waals surface area (Å²) in [4.78, 5) is 23.8. The van der Waals surface area contributed by atoms with Gasteiger partial charge in [0.15, 0.2) is 11.0 Å². The summed E-state index contributed by atoms with van der Waals surface area (Å²) in [6.45, 7) is 2.48. The van der Waals surface area contributed by atoms with Crippen LogP contribution in [-0.2, 0) is 4.79 Å². The molecule has 2 N–H and O–H groups in total. The van der Waals surface area contributed by atoms with E-state index in [0.29, 0.717) is 28.2 Å². The molecule has 11 heteroatoms. The van der Waals surface area contributed by atoms with E-state index in [1.165, 1.54) is 24.0 Å². The molecular weight excluding hydrogens is 514 g/mol. The van der Waals surface area contributed by atoms with E-state index in [1.807, 2.05) is 47.9 Å². The van der Waals surface area contributed by atoms with Crippen molar-refractivity contribution >= 4 is 41.5 Å². The largest absolute Gasteiger partial charge is 0.494 e. The molecule has 0 atom stereocenters. The van der Waals surface area contributed by atoms with Crippen molar-refractivity contribution in [3.05, 3.63) is 88.9 Å². The number of hydrazone groups is 1. The molecule has 0 saturated heterocycles. The second-order valence-corrected chi connectivity index (χ2v) is 8.93. The fourth-order valence-corrected chi connectivity index (χ4v) is 4.25. The number of nitrogens with one attached hydrogen (secondary N) is 1. The van der Waals surface area contributed by atoms with Gasteiger partial charge in [0.1, 0.15) is 5.75 Å². The van der Waals surface area contributed by atoms with Gasteiger partial charge in [-0.1, -0.05) is 41.6 Å². The number of carboxylic acid groups (broad SMARTS) is 1. The predicted octanol–water partition coefficient (Wildman–Crippen LogP) is 4.93. The zero-order valence-electron chi connectivity index (χ0n) is 19.7. The maximum atomic E-state index is 12.5. The Labute approximate surface area is 222 Å². The van der Waals surface area contributed by atoms with Crippen LogP contribution in [-0.4, -0.2) is 50.3 Å². The molecule has 37 heavy (non-hydrogen) atoms. The lowest BCUT2D eigenvalue weighted by atomic mass is 10.1. The first-order valence-electron chi connectivity index (χ1n) is 11.2. The molecule has 0 unspecified atom stereocenters. The van der Waals surface area contributed by atoms with E-state index in [9.17, 15) is 14.7 Å². The summed E-state index contributed by atoms with van der Waals surface area (Å²) in [6.07, 6.45) is 1.30. The first kappa shape index (κ1) is 25.9. The molecule has 0 aliphatic carbocycles. The third-order valence-electron chi connectivity index (χ3n) is 5.06. The van der Waals surface area contributed by atoms with Crippen LogP contribution < -0.4 is 10.2 Å². The fraction of sp³-hybridized carbons (Fsp3) is 0.115. The molecule has 4 rings (SSSR count).